The molecule has 0 unspecified atom stereocenters. The van der Waals surface area contributed by atoms with Gasteiger partial charge in [-0.2, -0.15) is 0 Å². The molecule has 1 aliphatic rings. The number of hydrogen-bond donors (Lipinski definition) is 0. The summed E-state index contributed by atoms with van der Waals surface area (Å²) in [6, 6.07) is 25.6. The molecule has 0 aromatic heterocycles. The average Bonchev–Trinajstić information content (AvgIpc) is 3.06. The Hall–Kier alpha value is -4.52. The van der Waals surface area contributed by atoms with Gasteiger partial charge in [0.25, 0.3) is 5.91 Å². The van der Waals surface area contributed by atoms with Gasteiger partial charge in [-0.1, -0.05) is 37.3 Å². The number of rotatable bonds is 9. The Morgan fingerprint density at radius 2 is 1.43 bits per heavy atom. The zero-order valence-corrected chi connectivity index (χ0v) is 24.8. The lowest BCUT2D eigenvalue weighted by Gasteiger charge is -2.40. The van der Waals surface area contributed by atoms with Crippen molar-refractivity contribution in [2.75, 3.05) is 39.3 Å². The molecule has 1 aliphatic heterocycles. The first-order valence-electron chi connectivity index (χ1n) is 14.4. The smallest absolute Gasteiger partial charge is 0.337 e. The molecule has 1 amide bonds. The van der Waals surface area contributed by atoms with Crippen molar-refractivity contribution < 1.29 is 23.8 Å². The summed E-state index contributed by atoms with van der Waals surface area (Å²) < 4.78 is 16.5. The van der Waals surface area contributed by atoms with Crippen LogP contribution in [0.4, 0.5) is 5.69 Å². The van der Waals surface area contributed by atoms with Crippen LogP contribution in [0.5, 0.6) is 11.5 Å². The van der Waals surface area contributed by atoms with Crippen LogP contribution in [0, 0.1) is 0 Å². The summed E-state index contributed by atoms with van der Waals surface area (Å²) in [6.45, 7) is 4.04. The molecule has 0 spiro atoms. The number of benzene rings is 4. The number of piperidine rings is 1. The number of hydrogen-bond acceptors (Lipinski definition) is 6. The van der Waals surface area contributed by atoms with Crippen molar-refractivity contribution in [1.29, 1.82) is 0 Å². The van der Waals surface area contributed by atoms with E-state index in [0.29, 0.717) is 17.7 Å². The topological polar surface area (TPSA) is 68.3 Å². The molecule has 0 aliphatic carbocycles. The SMILES string of the molecule is CCc1cc(OC)c(CN(C(=O)c2ccc3ccccc3c2)C2CCN(c3ccc(C(=O)OC)cc3)CC2)c(OC)c1. The molecule has 0 bridgehead atoms. The van der Waals surface area contributed by atoms with Crippen molar-refractivity contribution in [2.24, 2.45) is 0 Å². The minimum absolute atomic E-state index is 0.00897. The maximum absolute atomic E-state index is 14.3. The number of aryl methyl sites for hydroxylation is 1. The minimum atomic E-state index is -0.346. The quantitative estimate of drug-likeness (QED) is 0.215. The van der Waals surface area contributed by atoms with Crippen LogP contribution in [-0.2, 0) is 17.7 Å². The monoisotopic (exact) mass is 566 g/mol. The van der Waals surface area contributed by atoms with E-state index in [2.05, 4.69) is 17.9 Å². The predicted octanol–water partition coefficient (Wildman–Crippen LogP) is 6.52. The van der Waals surface area contributed by atoms with Gasteiger partial charge in [0.15, 0.2) is 0 Å². The third-order valence-corrected chi connectivity index (χ3v) is 8.22. The first kappa shape index (κ1) is 29.0. The number of amides is 1. The highest BCUT2D eigenvalue weighted by Gasteiger charge is 2.31. The molecule has 1 fully saturated rings. The summed E-state index contributed by atoms with van der Waals surface area (Å²) in [5.41, 5.74) is 4.23. The van der Waals surface area contributed by atoms with E-state index < -0.39 is 0 Å². The van der Waals surface area contributed by atoms with Gasteiger partial charge in [-0.15, -0.1) is 0 Å². The zero-order valence-electron chi connectivity index (χ0n) is 24.8. The maximum atomic E-state index is 14.3. The Balaban J connectivity index is 1.44. The van der Waals surface area contributed by atoms with Gasteiger partial charge in [0.05, 0.1) is 39.0 Å². The third-order valence-electron chi connectivity index (χ3n) is 8.22. The normalized spacial score (nSPS) is 13.6. The van der Waals surface area contributed by atoms with Crippen molar-refractivity contribution >= 4 is 28.3 Å². The second kappa shape index (κ2) is 13.0. The number of nitrogens with zero attached hydrogens (tertiary/aromatic N) is 2. The van der Waals surface area contributed by atoms with E-state index in [4.69, 9.17) is 14.2 Å². The van der Waals surface area contributed by atoms with Gasteiger partial charge in [-0.3, -0.25) is 4.79 Å². The summed E-state index contributed by atoms with van der Waals surface area (Å²) in [7, 11) is 4.71. The Kier molecular flexibility index (Phi) is 8.96. The molecule has 7 nitrogen and oxygen atoms in total. The molecule has 0 N–H and O–H groups in total. The fourth-order valence-corrected chi connectivity index (χ4v) is 5.79. The number of carbonyl (C=O) groups excluding carboxylic acids is 2. The summed E-state index contributed by atoms with van der Waals surface area (Å²) in [6.07, 6.45) is 2.46. The van der Waals surface area contributed by atoms with Crippen molar-refractivity contribution in [3.05, 3.63) is 101 Å². The molecule has 0 atom stereocenters. The van der Waals surface area contributed by atoms with Gasteiger partial charge in [0, 0.05) is 30.4 Å². The lowest BCUT2D eigenvalue weighted by atomic mass is 9.98. The van der Waals surface area contributed by atoms with Crippen LogP contribution < -0.4 is 14.4 Å². The molecule has 4 aromatic carbocycles. The molecule has 0 saturated carbocycles. The number of methoxy groups -OCH3 is 3. The Morgan fingerprint density at radius 3 is 2.02 bits per heavy atom. The second-order valence-corrected chi connectivity index (χ2v) is 10.6. The van der Waals surface area contributed by atoms with Crippen molar-refractivity contribution in [3.63, 3.8) is 0 Å². The largest absolute Gasteiger partial charge is 0.496 e. The van der Waals surface area contributed by atoms with Crippen molar-refractivity contribution in [1.82, 2.24) is 4.90 Å². The van der Waals surface area contributed by atoms with Gasteiger partial charge in [-0.25, -0.2) is 4.79 Å². The average molecular weight is 567 g/mol. The fourth-order valence-electron chi connectivity index (χ4n) is 5.79. The highest BCUT2D eigenvalue weighted by molar-refractivity contribution is 5.99. The molecule has 5 rings (SSSR count). The highest BCUT2D eigenvalue weighted by atomic mass is 16.5. The minimum Gasteiger partial charge on any atom is -0.496 e. The lowest BCUT2D eigenvalue weighted by Crippen LogP contribution is -2.47. The van der Waals surface area contributed by atoms with Crippen LogP contribution >= 0.6 is 0 Å². The Labute approximate surface area is 247 Å². The number of fused-ring (bicyclic) bond motifs is 1. The lowest BCUT2D eigenvalue weighted by molar-refractivity contribution is 0.0599. The van der Waals surface area contributed by atoms with Crippen LogP contribution in [0.1, 0.15) is 51.6 Å². The summed E-state index contributed by atoms with van der Waals surface area (Å²) in [5.74, 6) is 1.10. The summed E-state index contributed by atoms with van der Waals surface area (Å²) in [4.78, 5) is 30.4. The molecule has 7 heteroatoms. The summed E-state index contributed by atoms with van der Waals surface area (Å²) in [5, 5.41) is 2.14. The van der Waals surface area contributed by atoms with Crippen molar-refractivity contribution in [3.8, 4) is 11.5 Å². The van der Waals surface area contributed by atoms with Crippen LogP contribution in [0.25, 0.3) is 10.8 Å². The molecule has 1 heterocycles. The summed E-state index contributed by atoms with van der Waals surface area (Å²) >= 11 is 0. The predicted molar refractivity (Wildman–Crippen MR) is 166 cm³/mol. The zero-order chi connectivity index (χ0) is 29.6. The Bertz CT molecular complexity index is 1530. The molecule has 218 valence electrons. The van der Waals surface area contributed by atoms with E-state index in [1.54, 1.807) is 26.4 Å². The van der Waals surface area contributed by atoms with Crippen molar-refractivity contribution in [2.45, 2.75) is 38.8 Å². The number of esters is 1. The molecular formula is C35H38N2O5. The first-order valence-corrected chi connectivity index (χ1v) is 14.4. The van der Waals surface area contributed by atoms with E-state index in [-0.39, 0.29) is 17.9 Å². The fraction of sp³-hybridized carbons (Fsp3) is 0.314. The number of anilines is 1. The first-order chi connectivity index (χ1) is 20.4. The van der Waals surface area contributed by atoms with Gasteiger partial charge in [-0.05, 0) is 84.1 Å². The Morgan fingerprint density at radius 1 is 0.810 bits per heavy atom. The van der Waals surface area contributed by atoms with Crippen LogP contribution in [0.2, 0.25) is 0 Å². The maximum Gasteiger partial charge on any atom is 0.337 e. The van der Waals surface area contributed by atoms with Gasteiger partial charge in [0.2, 0.25) is 0 Å². The van der Waals surface area contributed by atoms with Crippen LogP contribution in [0.15, 0.2) is 78.9 Å². The molecule has 0 radical (unpaired) electrons. The van der Waals surface area contributed by atoms with Gasteiger partial charge in [0.1, 0.15) is 11.5 Å². The van der Waals surface area contributed by atoms with E-state index >= 15 is 0 Å². The van der Waals surface area contributed by atoms with E-state index in [9.17, 15) is 9.59 Å². The van der Waals surface area contributed by atoms with Crippen LogP contribution in [0.3, 0.4) is 0 Å². The van der Waals surface area contributed by atoms with E-state index in [0.717, 1.165) is 71.4 Å². The molecule has 42 heavy (non-hydrogen) atoms. The molecule has 1 saturated heterocycles. The van der Waals surface area contributed by atoms with E-state index in [1.165, 1.54) is 7.11 Å². The highest BCUT2D eigenvalue weighted by Crippen LogP contribution is 2.35. The standard InChI is InChI=1S/C35H38N2O5/c1-5-24-20-32(40-2)31(33(21-24)41-3)23-37(34(38)28-11-10-25-8-6-7-9-27(25)22-28)30-16-18-36(19-17-30)29-14-12-26(13-15-29)35(39)42-4/h6-15,20-22,30H,5,16-19,23H2,1-4H3. The molecular weight excluding hydrogens is 528 g/mol. The van der Waals surface area contributed by atoms with Gasteiger partial charge < -0.3 is 24.0 Å². The van der Waals surface area contributed by atoms with E-state index in [1.807, 2.05) is 65.6 Å². The van der Waals surface area contributed by atoms with Gasteiger partial charge >= 0.3 is 5.97 Å². The number of carbonyl (C=O) groups is 2. The van der Waals surface area contributed by atoms with Crippen LogP contribution in [-0.4, -0.2) is 57.2 Å². The second-order valence-electron chi connectivity index (χ2n) is 10.6. The molecule has 4 aromatic rings. The number of ether oxygens (including phenoxy) is 3. The third kappa shape index (κ3) is 6.05.